The molecule has 0 aliphatic rings. The molecule has 72 valence electrons. The van der Waals surface area contributed by atoms with Gasteiger partial charge in [0, 0.05) is 12.0 Å². The van der Waals surface area contributed by atoms with Crippen LogP contribution in [0.2, 0.25) is 0 Å². The second-order valence-corrected chi connectivity index (χ2v) is 4.19. The van der Waals surface area contributed by atoms with Gasteiger partial charge >= 0.3 is 0 Å². The van der Waals surface area contributed by atoms with E-state index < -0.39 is 0 Å². The van der Waals surface area contributed by atoms with E-state index in [-0.39, 0.29) is 17.9 Å². The summed E-state index contributed by atoms with van der Waals surface area (Å²) >= 11 is 0. The summed E-state index contributed by atoms with van der Waals surface area (Å²) in [5.41, 5.74) is 0. The predicted octanol–water partition coefficient (Wildman–Crippen LogP) is 2.19. The standard InChI is InChI=1S/C10H21NO/c1-7(2)6-9(5)10(12)11-8(3)4/h7-9H,6H2,1-5H3,(H,11,12). The minimum atomic E-state index is 0.146. The van der Waals surface area contributed by atoms with Gasteiger partial charge < -0.3 is 5.32 Å². The fourth-order valence-electron chi connectivity index (χ4n) is 1.24. The first-order valence-corrected chi connectivity index (χ1v) is 4.73. The molecule has 1 atom stereocenters. The first-order valence-electron chi connectivity index (χ1n) is 4.73. The monoisotopic (exact) mass is 171 g/mol. The summed E-state index contributed by atoms with van der Waals surface area (Å²) in [6, 6.07) is 0.257. The Morgan fingerprint density at radius 2 is 1.67 bits per heavy atom. The van der Waals surface area contributed by atoms with E-state index in [4.69, 9.17) is 0 Å². The zero-order chi connectivity index (χ0) is 9.72. The van der Waals surface area contributed by atoms with Gasteiger partial charge in [0.2, 0.25) is 5.91 Å². The molecule has 0 fully saturated rings. The summed E-state index contributed by atoms with van der Waals surface area (Å²) in [5.74, 6) is 0.920. The number of carbonyl (C=O) groups is 1. The summed E-state index contributed by atoms with van der Waals surface area (Å²) in [6.07, 6.45) is 0.971. The van der Waals surface area contributed by atoms with E-state index in [9.17, 15) is 4.79 Å². The molecule has 0 aromatic heterocycles. The first-order chi connectivity index (χ1) is 5.43. The summed E-state index contributed by atoms with van der Waals surface area (Å²) in [4.78, 5) is 11.4. The van der Waals surface area contributed by atoms with Crippen molar-refractivity contribution in [2.75, 3.05) is 0 Å². The number of hydrogen-bond donors (Lipinski definition) is 1. The van der Waals surface area contributed by atoms with Crippen molar-refractivity contribution in [2.45, 2.75) is 47.1 Å². The van der Waals surface area contributed by atoms with Crippen LogP contribution in [0.15, 0.2) is 0 Å². The Morgan fingerprint density at radius 3 is 2.00 bits per heavy atom. The fourth-order valence-corrected chi connectivity index (χ4v) is 1.24. The van der Waals surface area contributed by atoms with E-state index in [1.807, 2.05) is 20.8 Å². The molecular formula is C10H21NO. The molecule has 0 heterocycles. The summed E-state index contributed by atoms with van der Waals surface area (Å²) < 4.78 is 0. The highest BCUT2D eigenvalue weighted by Gasteiger charge is 2.14. The zero-order valence-electron chi connectivity index (χ0n) is 8.85. The zero-order valence-corrected chi connectivity index (χ0v) is 8.85. The fraction of sp³-hybridized carbons (Fsp3) is 0.900. The van der Waals surface area contributed by atoms with Gasteiger partial charge in [0.25, 0.3) is 0 Å². The molecule has 1 amide bonds. The van der Waals surface area contributed by atoms with Crippen LogP contribution in [0.1, 0.15) is 41.0 Å². The third-order valence-electron chi connectivity index (χ3n) is 1.70. The van der Waals surface area contributed by atoms with Gasteiger partial charge in [-0.25, -0.2) is 0 Å². The predicted molar refractivity (Wildman–Crippen MR) is 51.9 cm³/mol. The SMILES string of the molecule is CC(C)CC(C)C(=O)NC(C)C. The van der Waals surface area contributed by atoms with E-state index >= 15 is 0 Å². The van der Waals surface area contributed by atoms with Crippen LogP contribution in [-0.2, 0) is 4.79 Å². The van der Waals surface area contributed by atoms with Crippen molar-refractivity contribution in [1.82, 2.24) is 5.32 Å². The van der Waals surface area contributed by atoms with E-state index in [1.54, 1.807) is 0 Å². The molecule has 0 saturated carbocycles. The van der Waals surface area contributed by atoms with Crippen LogP contribution in [0.25, 0.3) is 0 Å². The Bertz CT molecular complexity index is 141. The molecule has 1 unspecified atom stereocenters. The van der Waals surface area contributed by atoms with E-state index in [1.165, 1.54) is 0 Å². The molecule has 0 aromatic rings. The number of nitrogens with one attached hydrogen (secondary N) is 1. The van der Waals surface area contributed by atoms with Crippen molar-refractivity contribution >= 4 is 5.91 Å². The molecule has 0 aliphatic heterocycles. The Balaban J connectivity index is 3.77. The highest BCUT2D eigenvalue weighted by molar-refractivity contribution is 5.78. The van der Waals surface area contributed by atoms with E-state index in [0.717, 1.165) is 6.42 Å². The first kappa shape index (κ1) is 11.5. The van der Waals surface area contributed by atoms with Gasteiger partial charge in [0.1, 0.15) is 0 Å². The highest BCUT2D eigenvalue weighted by Crippen LogP contribution is 2.10. The molecule has 0 radical (unpaired) electrons. The quantitative estimate of drug-likeness (QED) is 0.690. The number of carbonyl (C=O) groups excluding carboxylic acids is 1. The average Bonchev–Trinajstić information content (AvgIpc) is 1.84. The largest absolute Gasteiger partial charge is 0.354 e. The van der Waals surface area contributed by atoms with Gasteiger partial charge in [-0.2, -0.15) is 0 Å². The number of hydrogen-bond acceptors (Lipinski definition) is 1. The van der Waals surface area contributed by atoms with Crippen molar-refractivity contribution in [1.29, 1.82) is 0 Å². The molecular weight excluding hydrogens is 150 g/mol. The molecule has 2 heteroatoms. The Kier molecular flexibility index (Phi) is 4.95. The lowest BCUT2D eigenvalue weighted by Crippen LogP contribution is -2.34. The smallest absolute Gasteiger partial charge is 0.223 e. The van der Waals surface area contributed by atoms with Crippen LogP contribution < -0.4 is 5.32 Å². The Morgan fingerprint density at radius 1 is 1.17 bits per heavy atom. The van der Waals surface area contributed by atoms with Gasteiger partial charge in [0.05, 0.1) is 0 Å². The number of rotatable bonds is 4. The Labute approximate surface area is 75.7 Å². The highest BCUT2D eigenvalue weighted by atomic mass is 16.1. The Hall–Kier alpha value is -0.530. The molecule has 2 nitrogen and oxygen atoms in total. The van der Waals surface area contributed by atoms with Crippen LogP contribution in [0.3, 0.4) is 0 Å². The molecule has 0 spiro atoms. The van der Waals surface area contributed by atoms with Crippen molar-refractivity contribution in [3.05, 3.63) is 0 Å². The third kappa shape index (κ3) is 5.16. The third-order valence-corrected chi connectivity index (χ3v) is 1.70. The molecule has 12 heavy (non-hydrogen) atoms. The topological polar surface area (TPSA) is 29.1 Å². The minimum absolute atomic E-state index is 0.146. The van der Waals surface area contributed by atoms with Gasteiger partial charge in [-0.3, -0.25) is 4.79 Å². The lowest BCUT2D eigenvalue weighted by Gasteiger charge is -2.15. The molecule has 0 saturated heterocycles. The lowest BCUT2D eigenvalue weighted by molar-refractivity contribution is -0.125. The van der Waals surface area contributed by atoms with Crippen molar-refractivity contribution in [3.8, 4) is 0 Å². The van der Waals surface area contributed by atoms with Crippen molar-refractivity contribution < 1.29 is 4.79 Å². The maximum atomic E-state index is 11.4. The van der Waals surface area contributed by atoms with Crippen LogP contribution in [0.4, 0.5) is 0 Å². The van der Waals surface area contributed by atoms with Crippen molar-refractivity contribution in [3.63, 3.8) is 0 Å². The van der Waals surface area contributed by atoms with Gasteiger partial charge in [-0.05, 0) is 26.2 Å². The van der Waals surface area contributed by atoms with Crippen LogP contribution in [-0.4, -0.2) is 11.9 Å². The second kappa shape index (κ2) is 5.18. The van der Waals surface area contributed by atoms with E-state index in [0.29, 0.717) is 5.92 Å². The average molecular weight is 171 g/mol. The van der Waals surface area contributed by atoms with Crippen LogP contribution in [0.5, 0.6) is 0 Å². The van der Waals surface area contributed by atoms with Gasteiger partial charge in [-0.15, -0.1) is 0 Å². The maximum Gasteiger partial charge on any atom is 0.223 e. The van der Waals surface area contributed by atoms with Crippen LogP contribution in [0, 0.1) is 11.8 Å². The normalized spacial score (nSPS) is 13.6. The van der Waals surface area contributed by atoms with Gasteiger partial charge in [-0.1, -0.05) is 20.8 Å². The van der Waals surface area contributed by atoms with Gasteiger partial charge in [0.15, 0.2) is 0 Å². The lowest BCUT2D eigenvalue weighted by atomic mass is 9.98. The van der Waals surface area contributed by atoms with Crippen molar-refractivity contribution in [2.24, 2.45) is 11.8 Å². The molecule has 0 bridgehead atoms. The summed E-state index contributed by atoms with van der Waals surface area (Å²) in [6.45, 7) is 10.2. The molecule has 0 aromatic carbocycles. The molecule has 1 N–H and O–H groups in total. The van der Waals surface area contributed by atoms with E-state index in [2.05, 4.69) is 19.2 Å². The maximum absolute atomic E-state index is 11.4. The summed E-state index contributed by atoms with van der Waals surface area (Å²) in [5, 5.41) is 2.91. The second-order valence-electron chi connectivity index (χ2n) is 4.19. The minimum Gasteiger partial charge on any atom is -0.354 e. The molecule has 0 aliphatic carbocycles. The summed E-state index contributed by atoms with van der Waals surface area (Å²) in [7, 11) is 0. The van der Waals surface area contributed by atoms with Crippen LogP contribution >= 0.6 is 0 Å². The number of amides is 1. The molecule has 0 rings (SSSR count).